The summed E-state index contributed by atoms with van der Waals surface area (Å²) < 4.78 is 11.1. The van der Waals surface area contributed by atoms with Crippen molar-refractivity contribution in [2.45, 2.75) is 33.1 Å². The molecule has 1 unspecified atom stereocenters. The maximum Gasteiger partial charge on any atom is 0.262 e. The first-order valence-corrected chi connectivity index (χ1v) is 10.2. The van der Waals surface area contributed by atoms with Crippen LogP contribution in [0.2, 0.25) is 0 Å². The number of amides is 1. The van der Waals surface area contributed by atoms with Crippen LogP contribution in [-0.2, 0) is 17.6 Å². The van der Waals surface area contributed by atoms with Gasteiger partial charge in [0.15, 0.2) is 6.61 Å². The largest absolute Gasteiger partial charge is 0.495 e. The van der Waals surface area contributed by atoms with E-state index in [1.54, 1.807) is 18.4 Å². The molecule has 1 atom stereocenters. The van der Waals surface area contributed by atoms with Crippen molar-refractivity contribution in [3.05, 3.63) is 40.5 Å². The van der Waals surface area contributed by atoms with E-state index in [9.17, 15) is 4.79 Å². The molecule has 0 saturated carbocycles. The number of methoxy groups -OCH3 is 1. The van der Waals surface area contributed by atoms with Gasteiger partial charge in [0, 0.05) is 4.88 Å². The standard InChI is InChI=1S/C21H23N3O3S/c1-12-5-7-16(26-3)15(8-12)24-18(25)10-27-20-19-14-6-4-13(2)9-17(14)28-21(19)23-11-22-20/h5,7-8,11,13H,4,6,9-10H2,1-3H3,(H,24,25). The molecule has 4 rings (SSSR count). The van der Waals surface area contributed by atoms with Gasteiger partial charge >= 0.3 is 0 Å². The second kappa shape index (κ2) is 7.75. The van der Waals surface area contributed by atoms with Crippen molar-refractivity contribution < 1.29 is 14.3 Å². The van der Waals surface area contributed by atoms with E-state index in [0.29, 0.717) is 23.2 Å². The van der Waals surface area contributed by atoms with Gasteiger partial charge in [-0.2, -0.15) is 0 Å². The number of hydrogen-bond donors (Lipinski definition) is 1. The number of thiophene rings is 1. The van der Waals surface area contributed by atoms with E-state index in [2.05, 4.69) is 22.2 Å². The number of rotatable bonds is 5. The first-order chi connectivity index (χ1) is 13.5. The van der Waals surface area contributed by atoms with E-state index in [-0.39, 0.29) is 12.5 Å². The molecule has 2 aromatic heterocycles. The molecule has 0 aliphatic heterocycles. The lowest BCUT2D eigenvalue weighted by Gasteiger charge is -2.18. The Kier molecular flexibility index (Phi) is 5.17. The Hall–Kier alpha value is -2.67. The number of aryl methyl sites for hydroxylation is 2. The van der Waals surface area contributed by atoms with Crippen LogP contribution < -0.4 is 14.8 Å². The summed E-state index contributed by atoms with van der Waals surface area (Å²) in [5, 5.41) is 3.82. The molecule has 1 N–H and O–H groups in total. The summed E-state index contributed by atoms with van der Waals surface area (Å²) in [6.07, 6.45) is 4.74. The summed E-state index contributed by atoms with van der Waals surface area (Å²) in [6, 6.07) is 5.64. The van der Waals surface area contributed by atoms with Crippen LogP contribution in [0.3, 0.4) is 0 Å². The number of nitrogens with zero attached hydrogens (tertiary/aromatic N) is 2. The summed E-state index contributed by atoms with van der Waals surface area (Å²) in [4.78, 5) is 23.5. The SMILES string of the molecule is COc1ccc(C)cc1NC(=O)COc1ncnc2sc3c(c12)CCC(C)C3. The first-order valence-electron chi connectivity index (χ1n) is 9.37. The van der Waals surface area contributed by atoms with E-state index in [1.165, 1.54) is 16.8 Å². The molecule has 0 radical (unpaired) electrons. The Labute approximate surface area is 167 Å². The quantitative estimate of drug-likeness (QED) is 0.700. The topological polar surface area (TPSA) is 73.3 Å². The van der Waals surface area contributed by atoms with Crippen molar-refractivity contribution in [3.8, 4) is 11.6 Å². The normalized spacial score (nSPS) is 15.9. The molecule has 1 aromatic carbocycles. The van der Waals surface area contributed by atoms with Gasteiger partial charge in [-0.3, -0.25) is 4.79 Å². The van der Waals surface area contributed by atoms with Crippen molar-refractivity contribution in [1.82, 2.24) is 9.97 Å². The Morgan fingerprint density at radius 1 is 1.36 bits per heavy atom. The van der Waals surface area contributed by atoms with Crippen molar-refractivity contribution in [2.75, 3.05) is 19.0 Å². The molecular weight excluding hydrogens is 374 g/mol. The first kappa shape index (κ1) is 18.7. The van der Waals surface area contributed by atoms with Crippen molar-refractivity contribution in [1.29, 1.82) is 0 Å². The molecule has 1 aliphatic rings. The van der Waals surface area contributed by atoms with Gasteiger partial charge in [0.25, 0.3) is 5.91 Å². The third-order valence-electron chi connectivity index (χ3n) is 5.03. The fraction of sp³-hybridized carbons (Fsp3) is 0.381. The zero-order chi connectivity index (χ0) is 19.7. The lowest BCUT2D eigenvalue weighted by molar-refractivity contribution is -0.118. The van der Waals surface area contributed by atoms with Crippen LogP contribution in [0.15, 0.2) is 24.5 Å². The lowest BCUT2D eigenvalue weighted by Crippen LogP contribution is -2.21. The van der Waals surface area contributed by atoms with Crippen LogP contribution in [0.25, 0.3) is 10.2 Å². The molecule has 3 aromatic rings. The molecule has 1 amide bonds. The Morgan fingerprint density at radius 2 is 2.21 bits per heavy atom. The second-order valence-electron chi connectivity index (χ2n) is 7.25. The summed E-state index contributed by atoms with van der Waals surface area (Å²) in [6.45, 7) is 4.12. The average Bonchev–Trinajstić information content (AvgIpc) is 3.04. The van der Waals surface area contributed by atoms with Crippen LogP contribution in [-0.4, -0.2) is 29.6 Å². The molecule has 0 bridgehead atoms. The summed E-state index contributed by atoms with van der Waals surface area (Å²) in [5.74, 6) is 1.54. The van der Waals surface area contributed by atoms with Gasteiger partial charge in [-0.05, 0) is 55.4 Å². The van der Waals surface area contributed by atoms with Crippen molar-refractivity contribution in [2.24, 2.45) is 5.92 Å². The molecule has 146 valence electrons. The van der Waals surface area contributed by atoms with Crippen LogP contribution in [0.4, 0.5) is 5.69 Å². The number of fused-ring (bicyclic) bond motifs is 3. The fourth-order valence-corrected chi connectivity index (χ4v) is 4.94. The fourth-order valence-electron chi connectivity index (χ4n) is 3.60. The zero-order valence-corrected chi connectivity index (χ0v) is 17.1. The van der Waals surface area contributed by atoms with Gasteiger partial charge in [0.1, 0.15) is 16.9 Å². The van der Waals surface area contributed by atoms with Crippen LogP contribution in [0.1, 0.15) is 29.3 Å². The number of anilines is 1. The van der Waals surface area contributed by atoms with Crippen molar-refractivity contribution in [3.63, 3.8) is 0 Å². The van der Waals surface area contributed by atoms with E-state index >= 15 is 0 Å². The molecule has 0 fully saturated rings. The predicted octanol–water partition coefficient (Wildman–Crippen LogP) is 4.15. The summed E-state index contributed by atoms with van der Waals surface area (Å²) >= 11 is 1.71. The molecule has 0 spiro atoms. The Morgan fingerprint density at radius 3 is 3.04 bits per heavy atom. The lowest BCUT2D eigenvalue weighted by atomic mass is 9.89. The highest BCUT2D eigenvalue weighted by molar-refractivity contribution is 7.18. The molecular formula is C21H23N3O3S. The number of hydrogen-bond acceptors (Lipinski definition) is 6. The van der Waals surface area contributed by atoms with Crippen molar-refractivity contribution >= 4 is 33.1 Å². The molecule has 0 saturated heterocycles. The van der Waals surface area contributed by atoms with E-state index in [1.807, 2.05) is 25.1 Å². The predicted molar refractivity (Wildman–Crippen MR) is 110 cm³/mol. The molecule has 6 nitrogen and oxygen atoms in total. The minimum atomic E-state index is -0.256. The monoisotopic (exact) mass is 397 g/mol. The Bertz CT molecular complexity index is 1030. The van der Waals surface area contributed by atoms with Gasteiger partial charge in [0.05, 0.1) is 18.2 Å². The number of aromatic nitrogens is 2. The van der Waals surface area contributed by atoms with Gasteiger partial charge in [-0.25, -0.2) is 9.97 Å². The molecule has 2 heterocycles. The van der Waals surface area contributed by atoms with E-state index in [0.717, 1.165) is 35.0 Å². The van der Waals surface area contributed by atoms with Gasteiger partial charge in [-0.15, -0.1) is 11.3 Å². The third-order valence-corrected chi connectivity index (χ3v) is 6.19. The number of ether oxygens (including phenoxy) is 2. The van der Waals surface area contributed by atoms with E-state index < -0.39 is 0 Å². The second-order valence-corrected chi connectivity index (χ2v) is 8.33. The molecule has 7 heteroatoms. The Balaban J connectivity index is 1.52. The van der Waals surface area contributed by atoms with E-state index in [4.69, 9.17) is 9.47 Å². The van der Waals surface area contributed by atoms with Gasteiger partial charge < -0.3 is 14.8 Å². The highest BCUT2D eigenvalue weighted by Crippen LogP contribution is 2.40. The van der Waals surface area contributed by atoms with Crippen LogP contribution >= 0.6 is 11.3 Å². The number of benzene rings is 1. The smallest absolute Gasteiger partial charge is 0.262 e. The number of carbonyl (C=O) groups is 1. The zero-order valence-electron chi connectivity index (χ0n) is 16.2. The molecule has 28 heavy (non-hydrogen) atoms. The number of nitrogens with one attached hydrogen (secondary N) is 1. The minimum Gasteiger partial charge on any atom is -0.495 e. The van der Waals surface area contributed by atoms with Crippen LogP contribution in [0, 0.1) is 12.8 Å². The summed E-state index contributed by atoms with van der Waals surface area (Å²) in [7, 11) is 1.58. The average molecular weight is 398 g/mol. The van der Waals surface area contributed by atoms with Crippen LogP contribution in [0.5, 0.6) is 11.6 Å². The summed E-state index contributed by atoms with van der Waals surface area (Å²) in [5.41, 5.74) is 2.95. The molecule has 1 aliphatic carbocycles. The number of carbonyl (C=O) groups excluding carboxylic acids is 1. The maximum absolute atomic E-state index is 12.4. The minimum absolute atomic E-state index is 0.121. The highest BCUT2D eigenvalue weighted by atomic mass is 32.1. The third kappa shape index (κ3) is 3.67. The highest BCUT2D eigenvalue weighted by Gasteiger charge is 2.24. The van der Waals surface area contributed by atoms with Gasteiger partial charge in [0.2, 0.25) is 5.88 Å². The van der Waals surface area contributed by atoms with Gasteiger partial charge in [-0.1, -0.05) is 13.0 Å². The maximum atomic E-state index is 12.4.